The zero-order valence-electron chi connectivity index (χ0n) is 22.3. The molecule has 0 aliphatic rings. The highest BCUT2D eigenvalue weighted by Crippen LogP contribution is 2.28. The maximum Gasteiger partial charge on any atom is 0.305 e. The van der Waals surface area contributed by atoms with Crippen LogP contribution >= 0.6 is 0 Å². The minimum absolute atomic E-state index is 0.0162. The molecule has 0 aliphatic carbocycles. The van der Waals surface area contributed by atoms with Crippen LogP contribution in [-0.4, -0.2) is 40.9 Å². The largest absolute Gasteiger partial charge is 0.481 e. The Balaban J connectivity index is 1.62. The summed E-state index contributed by atoms with van der Waals surface area (Å²) in [7, 11) is 0. The van der Waals surface area contributed by atoms with Crippen LogP contribution < -0.4 is 5.32 Å². The summed E-state index contributed by atoms with van der Waals surface area (Å²) in [5.41, 5.74) is 4.37. The molecule has 2 amide bonds. The lowest BCUT2D eigenvalue weighted by atomic mass is 9.94. The van der Waals surface area contributed by atoms with Crippen molar-refractivity contribution < 1.29 is 23.9 Å². The van der Waals surface area contributed by atoms with Crippen LogP contribution in [0, 0.1) is 12.7 Å². The van der Waals surface area contributed by atoms with E-state index in [2.05, 4.69) is 5.32 Å². The molecule has 7 heteroatoms. The van der Waals surface area contributed by atoms with Gasteiger partial charge in [0.15, 0.2) is 0 Å². The maximum absolute atomic E-state index is 14.1. The third-order valence-corrected chi connectivity index (χ3v) is 6.81. The molecule has 0 bridgehead atoms. The first-order valence-corrected chi connectivity index (χ1v) is 13.1. The molecule has 0 fully saturated rings. The summed E-state index contributed by atoms with van der Waals surface area (Å²) in [5, 5.41) is 12.1. The molecule has 0 unspecified atom stereocenters. The Labute approximate surface area is 233 Å². The van der Waals surface area contributed by atoms with Gasteiger partial charge in [-0.3, -0.25) is 14.4 Å². The number of carbonyl (C=O) groups is 3. The Bertz CT molecular complexity index is 1520. The van der Waals surface area contributed by atoms with Gasteiger partial charge in [-0.05, 0) is 53.8 Å². The first kappa shape index (κ1) is 28.2. The first-order valence-electron chi connectivity index (χ1n) is 13.1. The van der Waals surface area contributed by atoms with Gasteiger partial charge in [0.05, 0.1) is 6.42 Å². The number of hydrogen-bond acceptors (Lipinski definition) is 3. The lowest BCUT2D eigenvalue weighted by molar-refractivity contribution is -0.137. The van der Waals surface area contributed by atoms with Crippen molar-refractivity contribution in [2.45, 2.75) is 26.3 Å². The van der Waals surface area contributed by atoms with Crippen LogP contribution in [-0.2, 0) is 17.8 Å². The van der Waals surface area contributed by atoms with Crippen LogP contribution in [0.5, 0.6) is 0 Å². The number of benzene rings is 4. The number of aliphatic carboxylic acids is 1. The molecule has 0 heterocycles. The summed E-state index contributed by atoms with van der Waals surface area (Å²) in [6, 6.07) is 28.1. The number of nitrogens with zero attached hydrogens (tertiary/aromatic N) is 1. The number of aryl methyl sites for hydroxylation is 1. The van der Waals surface area contributed by atoms with Gasteiger partial charge in [-0.1, -0.05) is 78.9 Å². The molecular weight excluding hydrogens is 507 g/mol. The summed E-state index contributed by atoms with van der Waals surface area (Å²) in [4.78, 5) is 40.0. The fourth-order valence-electron chi connectivity index (χ4n) is 4.59. The lowest BCUT2D eigenvalue weighted by Gasteiger charge is -2.24. The minimum atomic E-state index is -0.987. The van der Waals surface area contributed by atoms with Gasteiger partial charge in [0.25, 0.3) is 11.8 Å². The van der Waals surface area contributed by atoms with E-state index in [0.29, 0.717) is 40.8 Å². The molecule has 4 aromatic carbocycles. The second-order valence-electron chi connectivity index (χ2n) is 9.48. The first-order chi connectivity index (χ1) is 19.3. The van der Waals surface area contributed by atoms with Crippen molar-refractivity contribution >= 4 is 17.8 Å². The van der Waals surface area contributed by atoms with Crippen molar-refractivity contribution in [1.29, 1.82) is 0 Å². The van der Waals surface area contributed by atoms with Crippen LogP contribution in [0.25, 0.3) is 11.1 Å². The molecule has 4 rings (SSSR count). The van der Waals surface area contributed by atoms with Crippen LogP contribution in [0.2, 0.25) is 0 Å². The number of nitrogens with one attached hydrogen (secondary N) is 1. The highest BCUT2D eigenvalue weighted by atomic mass is 19.1. The zero-order chi connectivity index (χ0) is 28.5. The average molecular weight is 539 g/mol. The molecule has 40 heavy (non-hydrogen) atoms. The number of carboxylic acids is 1. The molecule has 0 radical (unpaired) electrons. The molecule has 2 N–H and O–H groups in total. The fourth-order valence-corrected chi connectivity index (χ4v) is 4.59. The van der Waals surface area contributed by atoms with Crippen molar-refractivity contribution in [3.05, 3.63) is 131 Å². The number of hydrogen-bond donors (Lipinski definition) is 2. The summed E-state index contributed by atoms with van der Waals surface area (Å²) in [6.07, 6.45) is 0.395. The second kappa shape index (κ2) is 13.3. The Kier molecular flexibility index (Phi) is 9.41. The van der Waals surface area contributed by atoms with E-state index in [0.717, 1.165) is 11.1 Å². The van der Waals surface area contributed by atoms with Crippen LogP contribution in [0.15, 0.2) is 97.1 Å². The highest BCUT2D eigenvalue weighted by Gasteiger charge is 2.23. The summed E-state index contributed by atoms with van der Waals surface area (Å²) in [6.45, 7) is 2.42. The van der Waals surface area contributed by atoms with Gasteiger partial charge < -0.3 is 15.3 Å². The number of carboxylic acid groups (broad SMARTS) is 1. The number of rotatable bonds is 11. The van der Waals surface area contributed by atoms with Crippen molar-refractivity contribution in [2.75, 3.05) is 13.1 Å². The molecule has 0 atom stereocenters. The van der Waals surface area contributed by atoms with E-state index in [1.807, 2.05) is 31.2 Å². The molecule has 0 saturated heterocycles. The number of halogens is 1. The predicted octanol–water partition coefficient (Wildman–Crippen LogP) is 5.89. The van der Waals surface area contributed by atoms with Gasteiger partial charge in [-0.25, -0.2) is 4.39 Å². The average Bonchev–Trinajstić information content (AvgIpc) is 2.97. The number of amides is 2. The standard InChI is InChI=1S/C33H31FN2O4/c1-23-10-2-3-11-24(23)18-20-36(21-19-31(37)38)33(40)29-16-8-6-14-27(29)26-13-5-7-15-28(26)32(39)35-22-25-12-4-9-17-30(25)34/h2-17H,18-22H2,1H3,(H,35,39)(H,37,38). The van der Waals surface area contributed by atoms with Crippen molar-refractivity contribution in [1.82, 2.24) is 10.2 Å². The lowest BCUT2D eigenvalue weighted by Crippen LogP contribution is -2.35. The van der Waals surface area contributed by atoms with Gasteiger partial charge in [0.2, 0.25) is 0 Å². The Hall–Kier alpha value is -4.78. The Morgan fingerprint density at radius 2 is 1.32 bits per heavy atom. The van der Waals surface area contributed by atoms with Gasteiger partial charge in [0.1, 0.15) is 5.82 Å². The predicted molar refractivity (Wildman–Crippen MR) is 152 cm³/mol. The van der Waals surface area contributed by atoms with Crippen LogP contribution in [0.3, 0.4) is 0 Å². The van der Waals surface area contributed by atoms with Gasteiger partial charge in [-0.15, -0.1) is 0 Å². The quantitative estimate of drug-likeness (QED) is 0.249. The molecule has 4 aromatic rings. The third kappa shape index (κ3) is 6.99. The van der Waals surface area contributed by atoms with E-state index in [1.54, 1.807) is 71.6 Å². The third-order valence-electron chi connectivity index (χ3n) is 6.81. The van der Waals surface area contributed by atoms with Gasteiger partial charge in [0, 0.05) is 36.3 Å². The monoisotopic (exact) mass is 538 g/mol. The molecular formula is C33H31FN2O4. The smallest absolute Gasteiger partial charge is 0.305 e. The summed E-state index contributed by atoms with van der Waals surface area (Å²) in [5.74, 6) is -2.10. The minimum Gasteiger partial charge on any atom is -0.481 e. The van der Waals surface area contributed by atoms with E-state index in [9.17, 15) is 23.9 Å². The molecule has 0 aromatic heterocycles. The Morgan fingerprint density at radius 3 is 2.00 bits per heavy atom. The summed E-state index contributed by atoms with van der Waals surface area (Å²) >= 11 is 0. The number of carbonyl (C=O) groups excluding carboxylic acids is 2. The Morgan fingerprint density at radius 1 is 0.750 bits per heavy atom. The van der Waals surface area contributed by atoms with Crippen molar-refractivity contribution in [2.24, 2.45) is 0 Å². The SMILES string of the molecule is Cc1ccccc1CCN(CCC(=O)O)C(=O)c1ccccc1-c1ccccc1C(=O)NCc1ccccc1F. The van der Waals surface area contributed by atoms with E-state index < -0.39 is 17.7 Å². The topological polar surface area (TPSA) is 86.7 Å². The molecule has 0 spiro atoms. The zero-order valence-corrected chi connectivity index (χ0v) is 22.3. The van der Waals surface area contributed by atoms with Gasteiger partial charge >= 0.3 is 5.97 Å². The van der Waals surface area contributed by atoms with Crippen LogP contribution in [0.4, 0.5) is 4.39 Å². The molecule has 0 aliphatic heterocycles. The second-order valence-corrected chi connectivity index (χ2v) is 9.48. The molecule has 6 nitrogen and oxygen atoms in total. The summed E-state index contributed by atoms with van der Waals surface area (Å²) < 4.78 is 14.1. The van der Waals surface area contributed by atoms with E-state index >= 15 is 0 Å². The van der Waals surface area contributed by atoms with Crippen molar-refractivity contribution in [3.63, 3.8) is 0 Å². The normalized spacial score (nSPS) is 10.7. The van der Waals surface area contributed by atoms with E-state index in [4.69, 9.17) is 0 Å². The van der Waals surface area contributed by atoms with Gasteiger partial charge in [-0.2, -0.15) is 0 Å². The van der Waals surface area contributed by atoms with E-state index in [1.165, 1.54) is 6.07 Å². The maximum atomic E-state index is 14.1. The fraction of sp³-hybridized carbons (Fsp3) is 0.182. The van der Waals surface area contributed by atoms with Crippen LogP contribution in [0.1, 0.15) is 43.8 Å². The highest BCUT2D eigenvalue weighted by molar-refractivity contribution is 6.06. The molecule has 0 saturated carbocycles. The van der Waals surface area contributed by atoms with E-state index in [-0.39, 0.29) is 25.4 Å². The van der Waals surface area contributed by atoms with Crippen molar-refractivity contribution in [3.8, 4) is 11.1 Å². The molecule has 204 valence electrons.